The predicted octanol–water partition coefficient (Wildman–Crippen LogP) is 1.46. The molecule has 82 valence electrons. The molecule has 6 heteroatoms. The highest BCUT2D eigenvalue weighted by Crippen LogP contribution is 2.32. The standard InChI is InChI=1S/C9H11BCl2O3/c1-5(2)15-9-7(11)3-6(10(13)14)4-8(9)12/h3-5,13-14H,1-2H3. The maximum Gasteiger partial charge on any atom is 0.488 e. The molecule has 0 aromatic heterocycles. The molecule has 0 aliphatic rings. The first-order valence-corrected chi connectivity index (χ1v) is 5.19. The average molecular weight is 249 g/mol. The van der Waals surface area contributed by atoms with Crippen LogP contribution in [-0.2, 0) is 0 Å². The van der Waals surface area contributed by atoms with Crippen LogP contribution in [0.1, 0.15) is 13.8 Å². The Kier molecular flexibility index (Phi) is 4.28. The molecule has 0 fully saturated rings. The summed E-state index contributed by atoms with van der Waals surface area (Å²) < 4.78 is 5.38. The van der Waals surface area contributed by atoms with Crippen molar-refractivity contribution in [1.29, 1.82) is 0 Å². The van der Waals surface area contributed by atoms with Crippen LogP contribution < -0.4 is 10.2 Å². The summed E-state index contributed by atoms with van der Waals surface area (Å²) in [5.74, 6) is 0.359. The first-order valence-electron chi connectivity index (χ1n) is 4.43. The van der Waals surface area contributed by atoms with Crippen molar-refractivity contribution < 1.29 is 14.8 Å². The van der Waals surface area contributed by atoms with Crippen molar-refractivity contribution in [2.45, 2.75) is 20.0 Å². The Morgan fingerprint density at radius 2 is 1.67 bits per heavy atom. The predicted molar refractivity (Wildman–Crippen MR) is 62.1 cm³/mol. The van der Waals surface area contributed by atoms with Crippen molar-refractivity contribution in [3.05, 3.63) is 22.2 Å². The fraction of sp³-hybridized carbons (Fsp3) is 0.333. The zero-order valence-electron chi connectivity index (χ0n) is 8.37. The van der Waals surface area contributed by atoms with Gasteiger partial charge < -0.3 is 14.8 Å². The van der Waals surface area contributed by atoms with Crippen LogP contribution in [0.5, 0.6) is 5.75 Å². The minimum Gasteiger partial charge on any atom is -0.488 e. The third-order valence-electron chi connectivity index (χ3n) is 1.67. The minimum absolute atomic E-state index is 0.0510. The fourth-order valence-corrected chi connectivity index (χ4v) is 1.67. The highest BCUT2D eigenvalue weighted by molar-refractivity contribution is 6.59. The van der Waals surface area contributed by atoms with Gasteiger partial charge in [-0.1, -0.05) is 23.2 Å². The van der Waals surface area contributed by atoms with Crippen molar-refractivity contribution >= 4 is 35.8 Å². The molecule has 0 bridgehead atoms. The van der Waals surface area contributed by atoms with Crippen molar-refractivity contribution in [2.75, 3.05) is 0 Å². The molecule has 0 spiro atoms. The third kappa shape index (κ3) is 3.28. The Morgan fingerprint density at radius 3 is 2.00 bits per heavy atom. The number of hydrogen-bond donors (Lipinski definition) is 2. The van der Waals surface area contributed by atoms with Gasteiger partial charge in [-0.2, -0.15) is 0 Å². The van der Waals surface area contributed by atoms with E-state index in [4.69, 9.17) is 38.0 Å². The molecule has 2 N–H and O–H groups in total. The molecule has 1 rings (SSSR count). The molecule has 0 saturated heterocycles. The first kappa shape index (κ1) is 12.7. The van der Waals surface area contributed by atoms with Gasteiger partial charge in [0, 0.05) is 0 Å². The third-order valence-corrected chi connectivity index (χ3v) is 2.23. The normalized spacial score (nSPS) is 10.6. The van der Waals surface area contributed by atoms with Crippen molar-refractivity contribution in [3.8, 4) is 5.75 Å². The number of halogens is 2. The van der Waals surface area contributed by atoms with E-state index >= 15 is 0 Å². The van der Waals surface area contributed by atoms with Crippen molar-refractivity contribution in [2.24, 2.45) is 0 Å². The summed E-state index contributed by atoms with van der Waals surface area (Å²) in [6.45, 7) is 3.70. The van der Waals surface area contributed by atoms with Crippen LogP contribution in [0.4, 0.5) is 0 Å². The van der Waals surface area contributed by atoms with Gasteiger partial charge in [0.1, 0.15) is 0 Å². The summed E-state index contributed by atoms with van der Waals surface area (Å²) in [6.07, 6.45) is -0.0510. The number of benzene rings is 1. The van der Waals surface area contributed by atoms with Gasteiger partial charge >= 0.3 is 7.12 Å². The van der Waals surface area contributed by atoms with Crippen LogP contribution in [0.3, 0.4) is 0 Å². The molecule has 0 unspecified atom stereocenters. The maximum atomic E-state index is 8.94. The van der Waals surface area contributed by atoms with E-state index in [1.807, 2.05) is 13.8 Å². The monoisotopic (exact) mass is 248 g/mol. The molecule has 3 nitrogen and oxygen atoms in total. The molecule has 0 aliphatic carbocycles. The van der Waals surface area contributed by atoms with Gasteiger partial charge in [0.25, 0.3) is 0 Å². The maximum absolute atomic E-state index is 8.94. The van der Waals surface area contributed by atoms with E-state index in [2.05, 4.69) is 0 Å². The van der Waals surface area contributed by atoms with Crippen LogP contribution in [0.15, 0.2) is 12.1 Å². The second kappa shape index (κ2) is 5.08. The molecule has 15 heavy (non-hydrogen) atoms. The van der Waals surface area contributed by atoms with Gasteiger partial charge in [0.2, 0.25) is 0 Å². The van der Waals surface area contributed by atoms with Crippen LogP contribution in [-0.4, -0.2) is 23.3 Å². The second-order valence-electron chi connectivity index (χ2n) is 3.35. The first-order chi connectivity index (χ1) is 6.91. The molecule has 0 amide bonds. The highest BCUT2D eigenvalue weighted by atomic mass is 35.5. The molecule has 0 atom stereocenters. The van der Waals surface area contributed by atoms with Gasteiger partial charge in [0.05, 0.1) is 16.1 Å². The van der Waals surface area contributed by atoms with E-state index in [0.717, 1.165) is 0 Å². The van der Waals surface area contributed by atoms with Crippen LogP contribution in [0.2, 0.25) is 10.0 Å². The van der Waals surface area contributed by atoms with E-state index < -0.39 is 7.12 Å². The fourth-order valence-electron chi connectivity index (χ4n) is 1.08. The van der Waals surface area contributed by atoms with E-state index in [-0.39, 0.29) is 21.6 Å². The summed E-state index contributed by atoms with van der Waals surface area (Å²) in [6, 6.07) is 2.83. The van der Waals surface area contributed by atoms with Crippen molar-refractivity contribution in [1.82, 2.24) is 0 Å². The number of rotatable bonds is 3. The Labute approximate surface area is 98.7 Å². The SMILES string of the molecule is CC(C)Oc1c(Cl)cc(B(O)O)cc1Cl. The van der Waals surface area contributed by atoms with E-state index in [9.17, 15) is 0 Å². The van der Waals surface area contributed by atoms with Crippen LogP contribution in [0, 0.1) is 0 Å². The van der Waals surface area contributed by atoms with Gasteiger partial charge in [-0.25, -0.2) is 0 Å². The van der Waals surface area contributed by atoms with Crippen LogP contribution in [0.25, 0.3) is 0 Å². The van der Waals surface area contributed by atoms with Gasteiger partial charge in [0.15, 0.2) is 5.75 Å². The number of hydrogen-bond acceptors (Lipinski definition) is 3. The Balaban J connectivity index is 3.10. The van der Waals surface area contributed by atoms with E-state index in [1.54, 1.807) is 0 Å². The quantitative estimate of drug-likeness (QED) is 0.797. The average Bonchev–Trinajstić information content (AvgIpc) is 2.10. The lowest BCUT2D eigenvalue weighted by molar-refractivity contribution is 0.243. The zero-order chi connectivity index (χ0) is 11.6. The van der Waals surface area contributed by atoms with Gasteiger partial charge in [-0.15, -0.1) is 0 Å². The molecular formula is C9H11BCl2O3. The Morgan fingerprint density at radius 1 is 1.20 bits per heavy atom. The summed E-state index contributed by atoms with van der Waals surface area (Å²) in [5, 5.41) is 18.4. The Hall–Kier alpha value is -0.415. The molecule has 0 saturated carbocycles. The topological polar surface area (TPSA) is 49.7 Å². The van der Waals surface area contributed by atoms with E-state index in [0.29, 0.717) is 5.75 Å². The number of ether oxygens (including phenoxy) is 1. The van der Waals surface area contributed by atoms with Crippen LogP contribution >= 0.6 is 23.2 Å². The minimum atomic E-state index is -1.59. The Bertz CT molecular complexity index is 332. The zero-order valence-corrected chi connectivity index (χ0v) is 9.88. The highest BCUT2D eigenvalue weighted by Gasteiger charge is 2.17. The summed E-state index contributed by atoms with van der Waals surface area (Å²) >= 11 is 11.8. The second-order valence-corrected chi connectivity index (χ2v) is 4.17. The molecule has 0 radical (unpaired) electrons. The van der Waals surface area contributed by atoms with E-state index in [1.165, 1.54) is 12.1 Å². The summed E-state index contributed by atoms with van der Waals surface area (Å²) in [7, 11) is -1.59. The van der Waals surface area contributed by atoms with Crippen molar-refractivity contribution in [3.63, 3.8) is 0 Å². The van der Waals surface area contributed by atoms with Gasteiger partial charge in [-0.05, 0) is 31.4 Å². The molecule has 1 aromatic carbocycles. The summed E-state index contributed by atoms with van der Waals surface area (Å²) in [5.41, 5.74) is 0.237. The summed E-state index contributed by atoms with van der Waals surface area (Å²) in [4.78, 5) is 0. The molecule has 0 aliphatic heterocycles. The molecule has 1 aromatic rings. The molecular weight excluding hydrogens is 238 g/mol. The lowest BCUT2D eigenvalue weighted by Gasteiger charge is -2.14. The lowest BCUT2D eigenvalue weighted by Crippen LogP contribution is -2.29. The largest absolute Gasteiger partial charge is 0.488 e. The smallest absolute Gasteiger partial charge is 0.488 e. The van der Waals surface area contributed by atoms with Gasteiger partial charge in [-0.3, -0.25) is 0 Å². The lowest BCUT2D eigenvalue weighted by atomic mass is 9.80. The molecule has 0 heterocycles.